The zero-order chi connectivity index (χ0) is 13.7. The number of anilines is 1. The molecule has 19 heavy (non-hydrogen) atoms. The summed E-state index contributed by atoms with van der Waals surface area (Å²) in [6, 6.07) is 14.6. The molecule has 0 amide bonds. The van der Waals surface area contributed by atoms with Crippen LogP contribution in [0.1, 0.15) is 25.5 Å². The van der Waals surface area contributed by atoms with E-state index in [0.717, 1.165) is 5.69 Å². The Morgan fingerprint density at radius 2 is 1.79 bits per heavy atom. The average molecular weight is 256 g/mol. The first-order valence-electron chi connectivity index (χ1n) is 6.52. The lowest BCUT2D eigenvalue weighted by Crippen LogP contribution is -2.16. The van der Waals surface area contributed by atoms with Gasteiger partial charge in [0.1, 0.15) is 0 Å². The third-order valence-electron chi connectivity index (χ3n) is 3.09. The molecule has 1 unspecified atom stereocenters. The largest absolute Gasteiger partial charge is 0.481 e. The molecule has 1 atom stereocenters. The number of nitrogens with zero attached hydrogens (tertiary/aromatic N) is 1. The molecule has 0 aliphatic rings. The van der Waals surface area contributed by atoms with E-state index in [2.05, 4.69) is 48.4 Å². The summed E-state index contributed by atoms with van der Waals surface area (Å²) in [5.41, 5.74) is 2.29. The minimum Gasteiger partial charge on any atom is -0.481 e. The van der Waals surface area contributed by atoms with Gasteiger partial charge in [0.2, 0.25) is 5.88 Å². The second-order valence-electron chi connectivity index (χ2n) is 4.87. The highest BCUT2D eigenvalue weighted by Crippen LogP contribution is 2.26. The van der Waals surface area contributed by atoms with Gasteiger partial charge in [-0.1, -0.05) is 44.2 Å². The predicted molar refractivity (Wildman–Crippen MR) is 78.4 cm³/mol. The molecule has 3 nitrogen and oxygen atoms in total. The molecule has 0 spiro atoms. The number of ether oxygens (including phenoxy) is 1. The SMILES string of the molecule is COc1ccc(NC(c2ccccc2)C(C)C)cn1. The smallest absolute Gasteiger partial charge is 0.213 e. The number of pyridine rings is 1. The molecule has 0 fully saturated rings. The van der Waals surface area contributed by atoms with Gasteiger partial charge in [0.15, 0.2) is 0 Å². The van der Waals surface area contributed by atoms with E-state index in [0.29, 0.717) is 11.8 Å². The van der Waals surface area contributed by atoms with E-state index < -0.39 is 0 Å². The third-order valence-corrected chi connectivity index (χ3v) is 3.09. The molecule has 0 saturated carbocycles. The van der Waals surface area contributed by atoms with Crippen LogP contribution in [0.2, 0.25) is 0 Å². The maximum absolute atomic E-state index is 5.07. The topological polar surface area (TPSA) is 34.1 Å². The molecule has 1 N–H and O–H groups in total. The normalized spacial score (nSPS) is 12.2. The van der Waals surface area contributed by atoms with Gasteiger partial charge in [-0.05, 0) is 17.5 Å². The van der Waals surface area contributed by atoms with E-state index in [1.165, 1.54) is 5.56 Å². The van der Waals surface area contributed by atoms with Gasteiger partial charge in [-0.3, -0.25) is 0 Å². The summed E-state index contributed by atoms with van der Waals surface area (Å²) in [6.45, 7) is 4.42. The van der Waals surface area contributed by atoms with E-state index in [9.17, 15) is 0 Å². The number of hydrogen-bond donors (Lipinski definition) is 1. The van der Waals surface area contributed by atoms with Gasteiger partial charge in [0.05, 0.1) is 25.0 Å². The van der Waals surface area contributed by atoms with Crippen LogP contribution in [-0.2, 0) is 0 Å². The van der Waals surface area contributed by atoms with Crippen LogP contribution >= 0.6 is 0 Å². The molecule has 0 bridgehead atoms. The van der Waals surface area contributed by atoms with Gasteiger partial charge in [-0.2, -0.15) is 0 Å². The van der Waals surface area contributed by atoms with Crippen molar-refractivity contribution < 1.29 is 4.74 Å². The Bertz CT molecular complexity index is 494. The van der Waals surface area contributed by atoms with Gasteiger partial charge in [0.25, 0.3) is 0 Å². The Balaban J connectivity index is 2.17. The molecule has 0 aliphatic carbocycles. The van der Waals surface area contributed by atoms with Crippen LogP contribution in [0.15, 0.2) is 48.7 Å². The predicted octanol–water partition coefficient (Wildman–Crippen LogP) is 3.90. The average Bonchev–Trinajstić information content (AvgIpc) is 2.46. The highest BCUT2D eigenvalue weighted by molar-refractivity contribution is 5.45. The van der Waals surface area contributed by atoms with Crippen LogP contribution in [0.25, 0.3) is 0 Å². The Morgan fingerprint density at radius 3 is 2.32 bits per heavy atom. The number of hydrogen-bond acceptors (Lipinski definition) is 3. The summed E-state index contributed by atoms with van der Waals surface area (Å²) in [7, 11) is 1.62. The van der Waals surface area contributed by atoms with Gasteiger partial charge in [0, 0.05) is 6.07 Å². The van der Waals surface area contributed by atoms with Crippen LogP contribution in [-0.4, -0.2) is 12.1 Å². The third kappa shape index (κ3) is 3.47. The summed E-state index contributed by atoms with van der Waals surface area (Å²) in [4.78, 5) is 4.22. The van der Waals surface area contributed by atoms with Crippen molar-refractivity contribution in [2.75, 3.05) is 12.4 Å². The molecule has 100 valence electrons. The van der Waals surface area contributed by atoms with E-state index in [4.69, 9.17) is 4.74 Å². The van der Waals surface area contributed by atoms with Crippen molar-refractivity contribution >= 4 is 5.69 Å². The summed E-state index contributed by atoms with van der Waals surface area (Å²) in [5.74, 6) is 1.12. The lowest BCUT2D eigenvalue weighted by molar-refractivity contribution is 0.398. The summed E-state index contributed by atoms with van der Waals surface area (Å²) < 4.78 is 5.07. The van der Waals surface area contributed by atoms with Crippen LogP contribution in [0.3, 0.4) is 0 Å². The van der Waals surface area contributed by atoms with Crippen molar-refractivity contribution in [3.63, 3.8) is 0 Å². The van der Waals surface area contributed by atoms with Crippen LogP contribution in [0.5, 0.6) is 5.88 Å². The molecule has 0 radical (unpaired) electrons. The lowest BCUT2D eigenvalue weighted by Gasteiger charge is -2.24. The van der Waals surface area contributed by atoms with Gasteiger partial charge < -0.3 is 10.1 Å². The first-order chi connectivity index (χ1) is 9.20. The summed E-state index contributed by atoms with van der Waals surface area (Å²) in [6.07, 6.45) is 1.80. The van der Waals surface area contributed by atoms with Crippen molar-refractivity contribution in [1.29, 1.82) is 0 Å². The van der Waals surface area contributed by atoms with Crippen molar-refractivity contribution in [2.45, 2.75) is 19.9 Å². The zero-order valence-corrected chi connectivity index (χ0v) is 11.6. The molecule has 1 aromatic heterocycles. The Hall–Kier alpha value is -2.03. The van der Waals surface area contributed by atoms with Gasteiger partial charge in [-0.25, -0.2) is 4.98 Å². The molecule has 0 saturated heterocycles. The molecule has 1 aromatic carbocycles. The van der Waals surface area contributed by atoms with E-state index in [1.807, 2.05) is 18.2 Å². The van der Waals surface area contributed by atoms with Crippen LogP contribution in [0.4, 0.5) is 5.69 Å². The maximum atomic E-state index is 5.07. The second kappa shape index (κ2) is 6.23. The fourth-order valence-electron chi connectivity index (χ4n) is 2.06. The number of nitrogens with one attached hydrogen (secondary N) is 1. The Labute approximate surface area is 114 Å². The van der Waals surface area contributed by atoms with Crippen molar-refractivity contribution in [3.05, 3.63) is 54.2 Å². The minimum atomic E-state index is 0.274. The van der Waals surface area contributed by atoms with Gasteiger partial charge >= 0.3 is 0 Å². The molecule has 0 aliphatic heterocycles. The van der Waals surface area contributed by atoms with E-state index >= 15 is 0 Å². The fraction of sp³-hybridized carbons (Fsp3) is 0.312. The highest BCUT2D eigenvalue weighted by Gasteiger charge is 2.15. The quantitative estimate of drug-likeness (QED) is 0.881. The molecule has 2 rings (SSSR count). The van der Waals surface area contributed by atoms with E-state index in [1.54, 1.807) is 13.3 Å². The summed E-state index contributed by atoms with van der Waals surface area (Å²) in [5, 5.41) is 3.53. The maximum Gasteiger partial charge on any atom is 0.213 e. The molecule has 2 aromatic rings. The standard InChI is InChI=1S/C16H20N2O/c1-12(2)16(13-7-5-4-6-8-13)18-14-9-10-15(19-3)17-11-14/h4-12,16,18H,1-3H3. The molecule has 1 heterocycles. The first kappa shape index (κ1) is 13.4. The van der Waals surface area contributed by atoms with Crippen molar-refractivity contribution in [2.24, 2.45) is 5.92 Å². The zero-order valence-electron chi connectivity index (χ0n) is 11.6. The number of aromatic nitrogens is 1. The highest BCUT2D eigenvalue weighted by atomic mass is 16.5. The fourth-order valence-corrected chi connectivity index (χ4v) is 2.06. The van der Waals surface area contributed by atoms with Crippen molar-refractivity contribution in [1.82, 2.24) is 4.98 Å². The summed E-state index contributed by atoms with van der Waals surface area (Å²) >= 11 is 0. The van der Waals surface area contributed by atoms with Crippen LogP contribution in [0, 0.1) is 5.92 Å². The van der Waals surface area contributed by atoms with E-state index in [-0.39, 0.29) is 6.04 Å². The number of benzene rings is 1. The van der Waals surface area contributed by atoms with Gasteiger partial charge in [-0.15, -0.1) is 0 Å². The molecular weight excluding hydrogens is 236 g/mol. The Morgan fingerprint density at radius 1 is 1.05 bits per heavy atom. The number of rotatable bonds is 5. The molecular formula is C16H20N2O. The number of methoxy groups -OCH3 is 1. The Kier molecular flexibility index (Phi) is 4.39. The first-order valence-corrected chi connectivity index (χ1v) is 6.52. The van der Waals surface area contributed by atoms with Crippen molar-refractivity contribution in [3.8, 4) is 5.88 Å². The lowest BCUT2D eigenvalue weighted by atomic mass is 9.96. The van der Waals surface area contributed by atoms with Crippen LogP contribution < -0.4 is 10.1 Å². The molecule has 3 heteroatoms. The second-order valence-corrected chi connectivity index (χ2v) is 4.87. The minimum absolute atomic E-state index is 0.274. The monoisotopic (exact) mass is 256 g/mol.